The van der Waals surface area contributed by atoms with E-state index in [0.717, 1.165) is 22.3 Å². The molecule has 0 radical (unpaired) electrons. The number of aryl methyl sites for hydroxylation is 1. The predicted molar refractivity (Wildman–Crippen MR) is 81.8 cm³/mol. The first-order valence-corrected chi connectivity index (χ1v) is 7.10. The van der Waals surface area contributed by atoms with Gasteiger partial charge in [-0.2, -0.15) is 0 Å². The van der Waals surface area contributed by atoms with Crippen LogP contribution in [0.2, 0.25) is 0 Å². The van der Waals surface area contributed by atoms with Gasteiger partial charge in [0.1, 0.15) is 5.83 Å². The molecule has 1 aliphatic carbocycles. The van der Waals surface area contributed by atoms with Crippen molar-refractivity contribution < 1.29 is 9.18 Å². The first kappa shape index (κ1) is 15.3. The molecular formula is C16H15Cl2FO. The highest BCUT2D eigenvalue weighted by Gasteiger charge is 2.29. The Hall–Kier alpha value is -1.12. The van der Waals surface area contributed by atoms with E-state index in [9.17, 15) is 9.18 Å². The molecule has 0 saturated carbocycles. The molecule has 1 nitrogen and oxygen atoms in total. The molecule has 106 valence electrons. The van der Waals surface area contributed by atoms with Crippen LogP contribution < -0.4 is 0 Å². The molecule has 4 heteroatoms. The van der Waals surface area contributed by atoms with E-state index < -0.39 is 10.1 Å². The molecule has 1 aromatic carbocycles. The first-order chi connectivity index (χ1) is 9.29. The van der Waals surface area contributed by atoms with E-state index in [1.54, 1.807) is 6.92 Å². The topological polar surface area (TPSA) is 17.1 Å². The second kappa shape index (κ2) is 5.71. The lowest BCUT2D eigenvalue weighted by Gasteiger charge is -2.23. The third kappa shape index (κ3) is 3.31. The van der Waals surface area contributed by atoms with Crippen molar-refractivity contribution in [3.05, 3.63) is 52.9 Å². The molecule has 0 amide bonds. The van der Waals surface area contributed by atoms with Crippen molar-refractivity contribution >= 4 is 34.0 Å². The molecule has 2 rings (SSSR count). The molecule has 0 bridgehead atoms. The van der Waals surface area contributed by atoms with Gasteiger partial charge in [0.15, 0.2) is 0 Å². The number of carbonyl (C=O) groups excluding carboxylic acids is 1. The van der Waals surface area contributed by atoms with Crippen LogP contribution in [0.15, 0.2) is 36.2 Å². The smallest absolute Gasteiger partial charge is 0.226 e. The van der Waals surface area contributed by atoms with Crippen LogP contribution in [0.3, 0.4) is 0 Å². The summed E-state index contributed by atoms with van der Waals surface area (Å²) >= 11 is 11.5. The fourth-order valence-corrected chi connectivity index (χ4v) is 2.41. The van der Waals surface area contributed by atoms with E-state index >= 15 is 0 Å². The van der Waals surface area contributed by atoms with Crippen molar-refractivity contribution in [3.63, 3.8) is 0 Å². The average molecular weight is 313 g/mol. The molecule has 1 unspecified atom stereocenters. The van der Waals surface area contributed by atoms with Gasteiger partial charge in [0.2, 0.25) is 5.24 Å². The number of hydrogen-bond acceptors (Lipinski definition) is 1. The molecule has 0 saturated heterocycles. The minimum Gasteiger partial charge on any atom is -0.281 e. The van der Waals surface area contributed by atoms with Gasteiger partial charge in [-0.1, -0.05) is 24.3 Å². The number of benzene rings is 1. The van der Waals surface area contributed by atoms with Crippen molar-refractivity contribution in [3.8, 4) is 0 Å². The van der Waals surface area contributed by atoms with E-state index in [4.69, 9.17) is 23.2 Å². The highest BCUT2D eigenvalue weighted by atomic mass is 35.5. The Kier molecular flexibility index (Phi) is 4.36. The van der Waals surface area contributed by atoms with Gasteiger partial charge in [0, 0.05) is 6.42 Å². The number of halogens is 3. The predicted octanol–water partition coefficient (Wildman–Crippen LogP) is 4.94. The maximum absolute atomic E-state index is 13.9. The van der Waals surface area contributed by atoms with E-state index in [0.29, 0.717) is 6.42 Å². The van der Waals surface area contributed by atoms with Crippen molar-refractivity contribution in [2.24, 2.45) is 0 Å². The molecule has 1 aliphatic rings. The standard InChI is InChI=1S/C16H15Cl2FO/c1-10-3-4-11(7-13(10)9-15(17)20)12-5-6-16(2,18)14(19)8-12/h3-5,7-8H,6,9H2,1-2H3. The van der Waals surface area contributed by atoms with Gasteiger partial charge in [0.25, 0.3) is 0 Å². The van der Waals surface area contributed by atoms with Gasteiger partial charge < -0.3 is 0 Å². The van der Waals surface area contributed by atoms with E-state index in [1.807, 2.05) is 31.2 Å². The molecule has 0 fully saturated rings. The Balaban J connectivity index is 2.36. The van der Waals surface area contributed by atoms with Crippen LogP contribution >= 0.6 is 23.2 Å². The molecule has 1 atom stereocenters. The third-order valence-corrected chi connectivity index (χ3v) is 3.97. The van der Waals surface area contributed by atoms with Crippen LogP contribution in [-0.2, 0) is 11.2 Å². The number of allylic oxidation sites excluding steroid dienone is 4. The molecule has 20 heavy (non-hydrogen) atoms. The van der Waals surface area contributed by atoms with Crippen molar-refractivity contribution in [2.75, 3.05) is 0 Å². The summed E-state index contributed by atoms with van der Waals surface area (Å²) in [6.07, 6.45) is 3.97. The maximum Gasteiger partial charge on any atom is 0.226 e. The summed E-state index contributed by atoms with van der Waals surface area (Å²) in [5, 5.41) is -0.405. The van der Waals surface area contributed by atoms with E-state index in [1.165, 1.54) is 6.08 Å². The fraction of sp³-hybridized carbons (Fsp3) is 0.312. The summed E-state index contributed by atoms with van der Waals surface area (Å²) < 4.78 is 13.9. The molecule has 0 spiro atoms. The number of alkyl halides is 1. The van der Waals surface area contributed by atoms with Crippen LogP contribution in [0.25, 0.3) is 5.57 Å². The van der Waals surface area contributed by atoms with Gasteiger partial charge in [-0.05, 0) is 60.2 Å². The van der Waals surface area contributed by atoms with Crippen LogP contribution in [0.5, 0.6) is 0 Å². The molecule has 0 aromatic heterocycles. The van der Waals surface area contributed by atoms with Gasteiger partial charge in [0.05, 0.1) is 4.87 Å². The number of hydrogen-bond donors (Lipinski definition) is 0. The molecule has 0 heterocycles. The number of rotatable bonds is 3. The SMILES string of the molecule is Cc1ccc(C2=CCC(C)(Cl)C(F)=C2)cc1CC(=O)Cl. The monoisotopic (exact) mass is 312 g/mol. The molecule has 1 aromatic rings. The number of carbonyl (C=O) groups is 1. The zero-order valence-electron chi connectivity index (χ0n) is 11.3. The van der Waals surface area contributed by atoms with Gasteiger partial charge >= 0.3 is 0 Å². The summed E-state index contributed by atoms with van der Waals surface area (Å²) in [4.78, 5) is 10.1. The summed E-state index contributed by atoms with van der Waals surface area (Å²) in [5.74, 6) is -0.341. The van der Waals surface area contributed by atoms with Crippen LogP contribution in [0, 0.1) is 6.92 Å². The zero-order chi connectivity index (χ0) is 14.9. The highest BCUT2D eigenvalue weighted by Crippen LogP contribution is 2.37. The normalized spacial score (nSPS) is 22.2. The Morgan fingerprint density at radius 3 is 2.75 bits per heavy atom. The van der Waals surface area contributed by atoms with Gasteiger partial charge in [-0.15, -0.1) is 11.6 Å². The van der Waals surface area contributed by atoms with Crippen LogP contribution in [-0.4, -0.2) is 10.1 Å². The Labute approximate surface area is 128 Å². The molecular weight excluding hydrogens is 298 g/mol. The first-order valence-electron chi connectivity index (χ1n) is 6.34. The lowest BCUT2D eigenvalue weighted by Crippen LogP contribution is -2.18. The van der Waals surface area contributed by atoms with Gasteiger partial charge in [-0.25, -0.2) is 4.39 Å². The van der Waals surface area contributed by atoms with Crippen molar-refractivity contribution in [1.29, 1.82) is 0 Å². The lowest BCUT2D eigenvalue weighted by atomic mass is 9.91. The van der Waals surface area contributed by atoms with Crippen molar-refractivity contribution in [1.82, 2.24) is 0 Å². The van der Waals surface area contributed by atoms with Crippen molar-refractivity contribution in [2.45, 2.75) is 31.6 Å². The Morgan fingerprint density at radius 2 is 2.15 bits per heavy atom. The largest absolute Gasteiger partial charge is 0.281 e. The van der Waals surface area contributed by atoms with E-state index in [2.05, 4.69) is 0 Å². The van der Waals surface area contributed by atoms with Gasteiger partial charge in [-0.3, -0.25) is 4.79 Å². The highest BCUT2D eigenvalue weighted by molar-refractivity contribution is 6.63. The summed E-state index contributed by atoms with van der Waals surface area (Å²) in [7, 11) is 0. The maximum atomic E-state index is 13.9. The lowest BCUT2D eigenvalue weighted by molar-refractivity contribution is -0.111. The van der Waals surface area contributed by atoms with Crippen LogP contribution in [0.4, 0.5) is 4.39 Å². The average Bonchev–Trinajstić information content (AvgIpc) is 2.35. The summed E-state index contributed by atoms with van der Waals surface area (Å²) in [6, 6.07) is 5.69. The minimum absolute atomic E-state index is 0.175. The summed E-state index contributed by atoms with van der Waals surface area (Å²) in [6.45, 7) is 3.57. The second-order valence-corrected chi connectivity index (χ2v) is 6.48. The van der Waals surface area contributed by atoms with Crippen LogP contribution in [0.1, 0.15) is 30.0 Å². The second-order valence-electron chi connectivity index (χ2n) is 5.23. The quantitative estimate of drug-likeness (QED) is 0.570. The Morgan fingerprint density at radius 1 is 1.45 bits per heavy atom. The summed E-state index contributed by atoms with van der Waals surface area (Å²) in [5.41, 5.74) is 3.50. The third-order valence-electron chi connectivity index (χ3n) is 3.50. The minimum atomic E-state index is -0.955. The fourth-order valence-electron chi connectivity index (χ4n) is 2.14. The molecule has 0 N–H and O–H groups in total. The molecule has 0 aliphatic heterocycles. The van der Waals surface area contributed by atoms with E-state index in [-0.39, 0.29) is 12.2 Å². The zero-order valence-corrected chi connectivity index (χ0v) is 12.9. The Bertz CT molecular complexity index is 615.